The summed E-state index contributed by atoms with van der Waals surface area (Å²) in [4.78, 5) is 21.5. The lowest BCUT2D eigenvalue weighted by Gasteiger charge is -2.14. The second-order valence-electron chi connectivity index (χ2n) is 6.18. The van der Waals surface area contributed by atoms with Gasteiger partial charge < -0.3 is 10.6 Å². The van der Waals surface area contributed by atoms with Crippen LogP contribution >= 0.6 is 11.8 Å². The minimum atomic E-state index is -0.0903. The predicted molar refractivity (Wildman–Crippen MR) is 92.7 cm³/mol. The van der Waals surface area contributed by atoms with Crippen molar-refractivity contribution in [3.05, 3.63) is 24.3 Å². The molecule has 5 nitrogen and oxygen atoms in total. The van der Waals surface area contributed by atoms with Gasteiger partial charge in [-0.05, 0) is 37.8 Å². The maximum atomic E-state index is 12.2. The van der Waals surface area contributed by atoms with Crippen molar-refractivity contribution in [1.82, 2.24) is 15.3 Å². The summed E-state index contributed by atoms with van der Waals surface area (Å²) in [7, 11) is 0. The number of hydrogen-bond donors (Lipinski definition) is 2. The van der Waals surface area contributed by atoms with E-state index in [1.807, 2.05) is 24.3 Å². The average Bonchev–Trinajstić information content (AvgIpc) is 3.38. The molecule has 23 heavy (non-hydrogen) atoms. The Morgan fingerprint density at radius 1 is 1.13 bits per heavy atom. The molecule has 0 radical (unpaired) electrons. The molecular weight excluding hydrogens is 308 g/mol. The summed E-state index contributed by atoms with van der Waals surface area (Å²) >= 11 is 1.49. The largest absolute Gasteiger partial charge is 0.367 e. The van der Waals surface area contributed by atoms with Crippen molar-refractivity contribution in [3.8, 4) is 0 Å². The molecule has 6 heteroatoms. The SMILES string of the molecule is O=C1NCCCC[C@@H]1Sc1nc(NC2CC2)c2ccccc2n1. The van der Waals surface area contributed by atoms with Crippen molar-refractivity contribution >= 4 is 34.4 Å². The molecule has 0 spiro atoms. The zero-order valence-electron chi connectivity index (χ0n) is 12.9. The van der Waals surface area contributed by atoms with Gasteiger partial charge in [0.25, 0.3) is 0 Å². The lowest BCUT2D eigenvalue weighted by atomic mass is 10.2. The van der Waals surface area contributed by atoms with E-state index in [0.29, 0.717) is 11.2 Å². The van der Waals surface area contributed by atoms with Crippen molar-refractivity contribution in [2.75, 3.05) is 11.9 Å². The summed E-state index contributed by atoms with van der Waals surface area (Å²) in [6.45, 7) is 0.781. The molecule has 1 saturated carbocycles. The first-order valence-corrected chi connectivity index (χ1v) is 9.15. The third-order valence-corrected chi connectivity index (χ3v) is 5.36. The third kappa shape index (κ3) is 3.42. The number of carbonyl (C=O) groups is 1. The van der Waals surface area contributed by atoms with Crippen LogP contribution < -0.4 is 10.6 Å². The molecule has 0 bridgehead atoms. The molecular formula is C17H20N4OS. The van der Waals surface area contributed by atoms with E-state index < -0.39 is 0 Å². The highest BCUT2D eigenvalue weighted by Crippen LogP contribution is 2.32. The monoisotopic (exact) mass is 328 g/mol. The summed E-state index contributed by atoms with van der Waals surface area (Å²) in [5, 5.41) is 8.12. The number of thioether (sulfide) groups is 1. The maximum Gasteiger partial charge on any atom is 0.233 e. The number of nitrogens with one attached hydrogen (secondary N) is 2. The standard InChI is InChI=1S/C17H20N4OS/c22-16-14(7-3-4-10-18-16)23-17-20-13-6-2-1-5-12(13)15(21-17)19-11-8-9-11/h1-2,5-6,11,14H,3-4,7-10H2,(H,18,22)(H,19,20,21)/t14-/m0/s1. The van der Waals surface area contributed by atoms with Crippen molar-refractivity contribution < 1.29 is 4.79 Å². The molecule has 1 saturated heterocycles. The molecule has 2 N–H and O–H groups in total. The molecule has 1 aliphatic heterocycles. The van der Waals surface area contributed by atoms with Gasteiger partial charge in [-0.15, -0.1) is 0 Å². The van der Waals surface area contributed by atoms with Crippen molar-refractivity contribution in [2.24, 2.45) is 0 Å². The number of anilines is 1. The molecule has 2 heterocycles. The zero-order chi connectivity index (χ0) is 15.6. The van der Waals surface area contributed by atoms with E-state index in [9.17, 15) is 4.79 Å². The Morgan fingerprint density at radius 2 is 2.00 bits per heavy atom. The molecule has 1 aromatic carbocycles. The second kappa shape index (κ2) is 6.35. The summed E-state index contributed by atoms with van der Waals surface area (Å²) < 4.78 is 0. The molecule has 1 aromatic heterocycles. The number of carbonyl (C=O) groups excluding carboxylic acids is 1. The van der Waals surface area contributed by atoms with Crippen LogP contribution in [0, 0.1) is 0 Å². The Labute approximate surface area is 139 Å². The van der Waals surface area contributed by atoms with Gasteiger partial charge in [0.2, 0.25) is 5.91 Å². The van der Waals surface area contributed by atoms with E-state index in [1.54, 1.807) is 0 Å². The van der Waals surface area contributed by atoms with Gasteiger partial charge in [0.1, 0.15) is 5.82 Å². The van der Waals surface area contributed by atoms with Crippen molar-refractivity contribution in [2.45, 2.75) is 48.6 Å². The Balaban J connectivity index is 1.64. The van der Waals surface area contributed by atoms with Crippen LogP contribution in [0.15, 0.2) is 29.4 Å². The number of aromatic nitrogens is 2. The number of rotatable bonds is 4. The average molecular weight is 328 g/mol. The van der Waals surface area contributed by atoms with Crippen LogP contribution in [0.2, 0.25) is 0 Å². The number of para-hydroxylation sites is 1. The minimum absolute atomic E-state index is 0.0903. The van der Waals surface area contributed by atoms with Crippen LogP contribution in [0.5, 0.6) is 0 Å². The second-order valence-corrected chi connectivity index (χ2v) is 7.35. The van der Waals surface area contributed by atoms with Crippen LogP contribution in [-0.2, 0) is 4.79 Å². The van der Waals surface area contributed by atoms with E-state index in [0.717, 1.165) is 42.5 Å². The Morgan fingerprint density at radius 3 is 2.87 bits per heavy atom. The van der Waals surface area contributed by atoms with Gasteiger partial charge in [-0.2, -0.15) is 0 Å². The van der Waals surface area contributed by atoms with Gasteiger partial charge in [0, 0.05) is 18.0 Å². The molecule has 1 atom stereocenters. The third-order valence-electron chi connectivity index (χ3n) is 4.23. The highest BCUT2D eigenvalue weighted by Gasteiger charge is 2.25. The molecule has 2 aliphatic rings. The maximum absolute atomic E-state index is 12.2. The Bertz CT molecular complexity index is 732. The fraction of sp³-hybridized carbons (Fsp3) is 0.471. The summed E-state index contributed by atoms with van der Waals surface area (Å²) in [5.74, 6) is 1.01. The zero-order valence-corrected chi connectivity index (χ0v) is 13.7. The summed E-state index contributed by atoms with van der Waals surface area (Å²) in [6, 6.07) is 8.59. The van der Waals surface area contributed by atoms with Gasteiger partial charge >= 0.3 is 0 Å². The van der Waals surface area contributed by atoms with Crippen molar-refractivity contribution in [1.29, 1.82) is 0 Å². The minimum Gasteiger partial charge on any atom is -0.367 e. The normalized spacial score (nSPS) is 21.7. The lowest BCUT2D eigenvalue weighted by molar-refractivity contribution is -0.120. The summed E-state index contributed by atoms with van der Waals surface area (Å²) in [6.07, 6.45) is 5.41. The highest BCUT2D eigenvalue weighted by atomic mass is 32.2. The first-order chi connectivity index (χ1) is 11.3. The lowest BCUT2D eigenvalue weighted by Crippen LogP contribution is -2.30. The van der Waals surface area contributed by atoms with E-state index in [1.165, 1.54) is 24.6 Å². The van der Waals surface area contributed by atoms with Crippen molar-refractivity contribution in [3.63, 3.8) is 0 Å². The summed E-state index contributed by atoms with van der Waals surface area (Å²) in [5.41, 5.74) is 0.933. The van der Waals surface area contributed by atoms with Gasteiger partial charge in [0.05, 0.1) is 10.8 Å². The Kier molecular flexibility index (Phi) is 4.08. The van der Waals surface area contributed by atoms with Gasteiger partial charge in [-0.25, -0.2) is 9.97 Å². The van der Waals surface area contributed by atoms with Crippen LogP contribution in [0.1, 0.15) is 32.1 Å². The van der Waals surface area contributed by atoms with Gasteiger partial charge in [-0.1, -0.05) is 30.3 Å². The molecule has 0 unspecified atom stereocenters. The number of benzene rings is 1. The van der Waals surface area contributed by atoms with E-state index in [4.69, 9.17) is 4.98 Å². The van der Waals surface area contributed by atoms with Gasteiger partial charge in [-0.3, -0.25) is 4.79 Å². The smallest absolute Gasteiger partial charge is 0.233 e. The molecule has 4 rings (SSSR count). The van der Waals surface area contributed by atoms with E-state index in [-0.39, 0.29) is 11.2 Å². The highest BCUT2D eigenvalue weighted by molar-refractivity contribution is 8.00. The first kappa shape index (κ1) is 14.8. The van der Waals surface area contributed by atoms with Crippen LogP contribution in [0.4, 0.5) is 5.82 Å². The molecule has 1 aliphatic carbocycles. The molecule has 1 amide bonds. The fourth-order valence-electron chi connectivity index (χ4n) is 2.79. The van der Waals surface area contributed by atoms with Crippen LogP contribution in [0.3, 0.4) is 0 Å². The number of fused-ring (bicyclic) bond motifs is 1. The molecule has 2 fully saturated rings. The van der Waals surface area contributed by atoms with E-state index >= 15 is 0 Å². The fourth-order valence-corrected chi connectivity index (χ4v) is 3.81. The van der Waals surface area contributed by atoms with Gasteiger partial charge in [0.15, 0.2) is 5.16 Å². The molecule has 120 valence electrons. The van der Waals surface area contributed by atoms with Crippen LogP contribution in [-0.4, -0.2) is 33.7 Å². The first-order valence-electron chi connectivity index (χ1n) is 8.27. The Hall–Kier alpha value is -1.82. The molecule has 2 aromatic rings. The number of nitrogens with zero attached hydrogens (tertiary/aromatic N) is 2. The number of hydrogen-bond acceptors (Lipinski definition) is 5. The van der Waals surface area contributed by atoms with Crippen LogP contribution in [0.25, 0.3) is 10.9 Å². The predicted octanol–water partition coefficient (Wildman–Crippen LogP) is 2.96. The topological polar surface area (TPSA) is 66.9 Å². The number of amides is 1. The van der Waals surface area contributed by atoms with E-state index in [2.05, 4.69) is 15.6 Å². The quantitative estimate of drug-likeness (QED) is 0.845.